The van der Waals surface area contributed by atoms with Gasteiger partial charge in [0.2, 0.25) is 5.91 Å². The van der Waals surface area contributed by atoms with Gasteiger partial charge in [0, 0.05) is 18.0 Å². The lowest BCUT2D eigenvalue weighted by molar-refractivity contribution is 0.1000. The molecule has 62 valence electrons. The number of amides is 1. The van der Waals surface area contributed by atoms with Crippen molar-refractivity contribution in [3.63, 3.8) is 0 Å². The van der Waals surface area contributed by atoms with Crippen LogP contribution in [0.5, 0.6) is 0 Å². The van der Waals surface area contributed by atoms with Crippen LogP contribution in [0.4, 0.5) is 0 Å². The SMILES string of the molecule is Cl.Cl.NC(=O)c1ccncc1. The van der Waals surface area contributed by atoms with Crippen molar-refractivity contribution in [1.29, 1.82) is 0 Å². The first kappa shape index (κ1) is 12.8. The van der Waals surface area contributed by atoms with Gasteiger partial charge < -0.3 is 5.73 Å². The molecule has 2 N–H and O–H groups in total. The van der Waals surface area contributed by atoms with Crippen molar-refractivity contribution < 1.29 is 4.79 Å². The number of hydrogen-bond donors (Lipinski definition) is 1. The first-order chi connectivity index (χ1) is 4.30. The Hall–Kier alpha value is -0.800. The van der Waals surface area contributed by atoms with Crippen molar-refractivity contribution in [2.75, 3.05) is 0 Å². The van der Waals surface area contributed by atoms with Crippen molar-refractivity contribution in [2.45, 2.75) is 0 Å². The van der Waals surface area contributed by atoms with Gasteiger partial charge in [-0.25, -0.2) is 0 Å². The number of nitrogens with zero attached hydrogens (tertiary/aromatic N) is 1. The fourth-order valence-electron chi connectivity index (χ4n) is 0.516. The van der Waals surface area contributed by atoms with E-state index in [1.165, 1.54) is 12.4 Å². The van der Waals surface area contributed by atoms with Crippen LogP contribution in [0.1, 0.15) is 10.4 Å². The normalized spacial score (nSPS) is 7.27. The summed E-state index contributed by atoms with van der Waals surface area (Å²) in [6.07, 6.45) is 3.06. The summed E-state index contributed by atoms with van der Waals surface area (Å²) in [7, 11) is 0. The average molecular weight is 195 g/mol. The third-order valence-electron chi connectivity index (χ3n) is 0.965. The molecule has 5 heteroatoms. The monoisotopic (exact) mass is 194 g/mol. The van der Waals surface area contributed by atoms with Gasteiger partial charge in [-0.15, -0.1) is 24.8 Å². The number of rotatable bonds is 1. The van der Waals surface area contributed by atoms with E-state index in [0.29, 0.717) is 5.56 Å². The highest BCUT2D eigenvalue weighted by molar-refractivity contribution is 5.92. The maximum Gasteiger partial charge on any atom is 0.248 e. The van der Waals surface area contributed by atoms with Gasteiger partial charge in [-0.2, -0.15) is 0 Å². The second-order valence-corrected chi connectivity index (χ2v) is 1.60. The number of halogens is 2. The molecule has 11 heavy (non-hydrogen) atoms. The van der Waals surface area contributed by atoms with Gasteiger partial charge in [-0.05, 0) is 12.1 Å². The lowest BCUT2D eigenvalue weighted by atomic mass is 10.3. The van der Waals surface area contributed by atoms with Crippen LogP contribution in [0.25, 0.3) is 0 Å². The van der Waals surface area contributed by atoms with Crippen molar-refractivity contribution in [3.05, 3.63) is 30.1 Å². The van der Waals surface area contributed by atoms with Crippen LogP contribution in [-0.2, 0) is 0 Å². The fraction of sp³-hybridized carbons (Fsp3) is 0. The van der Waals surface area contributed by atoms with Crippen molar-refractivity contribution in [3.8, 4) is 0 Å². The average Bonchev–Trinajstić information content (AvgIpc) is 1.90. The lowest BCUT2D eigenvalue weighted by Gasteiger charge is -1.88. The van der Waals surface area contributed by atoms with Crippen LogP contribution in [0.2, 0.25) is 0 Å². The second kappa shape index (κ2) is 5.95. The highest BCUT2D eigenvalue weighted by Gasteiger charge is 1.94. The minimum Gasteiger partial charge on any atom is -0.366 e. The van der Waals surface area contributed by atoms with Crippen LogP contribution in [0, 0.1) is 0 Å². The van der Waals surface area contributed by atoms with Crippen LogP contribution in [0.15, 0.2) is 24.5 Å². The first-order valence-corrected chi connectivity index (χ1v) is 2.50. The number of carbonyl (C=O) groups excluding carboxylic acids is 1. The van der Waals surface area contributed by atoms with Crippen molar-refractivity contribution >= 4 is 30.7 Å². The Morgan fingerprint density at radius 1 is 1.27 bits per heavy atom. The van der Waals surface area contributed by atoms with E-state index < -0.39 is 5.91 Å². The third-order valence-corrected chi connectivity index (χ3v) is 0.965. The highest BCUT2D eigenvalue weighted by Crippen LogP contribution is 1.91. The molecule has 1 rings (SSSR count). The Labute approximate surface area is 76.8 Å². The smallest absolute Gasteiger partial charge is 0.248 e. The van der Waals surface area contributed by atoms with Gasteiger partial charge in [0.05, 0.1) is 0 Å². The van der Waals surface area contributed by atoms with Crippen LogP contribution in [0.3, 0.4) is 0 Å². The number of pyridine rings is 1. The molecule has 0 spiro atoms. The molecule has 0 fully saturated rings. The van der Waals surface area contributed by atoms with Crippen molar-refractivity contribution in [1.82, 2.24) is 4.98 Å². The Bertz CT molecular complexity index is 215. The summed E-state index contributed by atoms with van der Waals surface area (Å²) in [5.74, 6) is -0.419. The van der Waals surface area contributed by atoms with E-state index in [4.69, 9.17) is 5.73 Å². The molecule has 1 amide bonds. The second-order valence-electron chi connectivity index (χ2n) is 1.60. The molecule has 0 atom stereocenters. The summed E-state index contributed by atoms with van der Waals surface area (Å²) in [5.41, 5.74) is 5.44. The van der Waals surface area contributed by atoms with Gasteiger partial charge in [0.1, 0.15) is 0 Å². The van der Waals surface area contributed by atoms with Crippen LogP contribution in [-0.4, -0.2) is 10.9 Å². The summed E-state index contributed by atoms with van der Waals surface area (Å²) in [5, 5.41) is 0. The van der Waals surface area contributed by atoms with E-state index in [1.807, 2.05) is 0 Å². The maximum atomic E-state index is 10.4. The molecule has 0 aliphatic carbocycles. The predicted molar refractivity (Wildman–Crippen MR) is 47.3 cm³/mol. The number of primary amides is 1. The summed E-state index contributed by atoms with van der Waals surface area (Å²) in [4.78, 5) is 14.1. The molecular weight excluding hydrogens is 187 g/mol. The molecule has 0 aliphatic rings. The zero-order valence-electron chi connectivity index (χ0n) is 5.56. The number of hydrogen-bond acceptors (Lipinski definition) is 2. The van der Waals surface area contributed by atoms with E-state index in [9.17, 15) is 4.79 Å². The minimum absolute atomic E-state index is 0. The Kier molecular flexibility index (Phi) is 6.94. The molecule has 0 bridgehead atoms. The molecule has 0 saturated heterocycles. The van der Waals surface area contributed by atoms with Gasteiger partial charge >= 0.3 is 0 Å². The Morgan fingerprint density at radius 3 is 2.00 bits per heavy atom. The summed E-state index contributed by atoms with van der Waals surface area (Å²) in [6, 6.07) is 3.14. The first-order valence-electron chi connectivity index (χ1n) is 2.50. The molecule has 0 aromatic carbocycles. The van der Waals surface area contributed by atoms with E-state index >= 15 is 0 Å². The maximum absolute atomic E-state index is 10.4. The molecule has 1 aromatic heterocycles. The number of aromatic nitrogens is 1. The largest absolute Gasteiger partial charge is 0.366 e. The van der Waals surface area contributed by atoms with E-state index in [0.717, 1.165) is 0 Å². The molecule has 1 aromatic rings. The molecule has 0 radical (unpaired) electrons. The zero-order valence-corrected chi connectivity index (χ0v) is 7.19. The summed E-state index contributed by atoms with van der Waals surface area (Å²) >= 11 is 0. The Morgan fingerprint density at radius 2 is 1.73 bits per heavy atom. The highest BCUT2D eigenvalue weighted by atomic mass is 35.5. The van der Waals surface area contributed by atoms with Gasteiger partial charge in [0.15, 0.2) is 0 Å². The lowest BCUT2D eigenvalue weighted by Crippen LogP contribution is -2.10. The van der Waals surface area contributed by atoms with E-state index in [1.54, 1.807) is 12.1 Å². The topological polar surface area (TPSA) is 56.0 Å². The molecule has 0 aliphatic heterocycles. The van der Waals surface area contributed by atoms with Gasteiger partial charge in [0.25, 0.3) is 0 Å². The molecular formula is C6H8Cl2N2O. The Balaban J connectivity index is 0. The van der Waals surface area contributed by atoms with Gasteiger partial charge in [-0.3, -0.25) is 9.78 Å². The standard InChI is InChI=1S/C6H6N2O.2ClH/c7-6(9)5-1-3-8-4-2-5;;/h1-4H,(H2,7,9);2*1H. The number of carbonyl (C=O) groups is 1. The predicted octanol–water partition coefficient (Wildman–Crippen LogP) is 1.02. The molecule has 0 unspecified atom stereocenters. The fourth-order valence-corrected chi connectivity index (χ4v) is 0.516. The van der Waals surface area contributed by atoms with Gasteiger partial charge in [-0.1, -0.05) is 0 Å². The van der Waals surface area contributed by atoms with E-state index in [-0.39, 0.29) is 24.8 Å². The zero-order chi connectivity index (χ0) is 6.69. The molecule has 1 heterocycles. The minimum atomic E-state index is -0.419. The number of nitrogens with two attached hydrogens (primary N) is 1. The summed E-state index contributed by atoms with van der Waals surface area (Å²) < 4.78 is 0. The quantitative estimate of drug-likeness (QED) is 0.727. The third kappa shape index (κ3) is 3.80. The van der Waals surface area contributed by atoms with E-state index in [2.05, 4.69) is 4.98 Å². The summed E-state index contributed by atoms with van der Waals surface area (Å²) in [6.45, 7) is 0. The van der Waals surface area contributed by atoms with Crippen LogP contribution < -0.4 is 5.73 Å². The van der Waals surface area contributed by atoms with Crippen molar-refractivity contribution in [2.24, 2.45) is 5.73 Å². The molecule has 3 nitrogen and oxygen atoms in total. The molecule has 0 saturated carbocycles. The van der Waals surface area contributed by atoms with Crippen LogP contribution >= 0.6 is 24.8 Å².